The summed E-state index contributed by atoms with van der Waals surface area (Å²) in [7, 11) is -9.92. The lowest BCUT2D eigenvalue weighted by Crippen LogP contribution is -2.30. The Morgan fingerprint density at radius 3 is 0.717 bits per heavy atom. The lowest BCUT2D eigenvalue weighted by molar-refractivity contribution is -0.161. The summed E-state index contributed by atoms with van der Waals surface area (Å²) >= 11 is 0. The Morgan fingerprint density at radius 1 is 0.283 bits per heavy atom. The van der Waals surface area contributed by atoms with Gasteiger partial charge >= 0.3 is 39.5 Å². The molecule has 0 aromatic carbocycles. The second-order valence-electron chi connectivity index (χ2n) is 30.2. The van der Waals surface area contributed by atoms with E-state index >= 15 is 0 Å². The highest BCUT2D eigenvalue weighted by molar-refractivity contribution is 7.47. The zero-order valence-electron chi connectivity index (χ0n) is 65.1. The van der Waals surface area contributed by atoms with Crippen LogP contribution in [0.5, 0.6) is 0 Å². The molecule has 0 radical (unpaired) electrons. The molecular weight excluding hydrogens is 1290 g/mol. The van der Waals surface area contributed by atoms with E-state index in [1.54, 1.807) is 0 Å². The van der Waals surface area contributed by atoms with E-state index in [4.69, 9.17) is 37.0 Å². The minimum Gasteiger partial charge on any atom is -0.462 e. The number of esters is 4. The van der Waals surface area contributed by atoms with Gasteiger partial charge in [-0.3, -0.25) is 37.3 Å². The van der Waals surface area contributed by atoms with Gasteiger partial charge in [0.2, 0.25) is 0 Å². The first kappa shape index (κ1) is 97.1. The molecule has 0 bridgehead atoms. The third-order valence-corrected chi connectivity index (χ3v) is 21.2. The van der Waals surface area contributed by atoms with Crippen LogP contribution in [0.4, 0.5) is 0 Å². The SMILES string of the molecule is CCC(C)CCCCCCCCCCCCCCCCC(=O)O[C@H](COC(=O)CCCCCCCCCCCCC(C)C)COP(=O)(O)OC[C@@H](O)COP(=O)(O)OC[C@@H](COC(=O)CCCCCCCCC(C)CC)OC(=O)CCCCCCCCCCCCCCCCCC(C)C. The summed E-state index contributed by atoms with van der Waals surface area (Å²) in [5.41, 5.74) is 0. The van der Waals surface area contributed by atoms with Crippen LogP contribution in [-0.4, -0.2) is 96.7 Å². The third kappa shape index (κ3) is 71.5. The number of aliphatic hydroxyl groups is 1. The highest BCUT2D eigenvalue weighted by Crippen LogP contribution is 2.45. The Hall–Kier alpha value is -1.94. The molecule has 0 aromatic rings. The lowest BCUT2D eigenvalue weighted by Gasteiger charge is -2.21. The average Bonchev–Trinajstić information content (AvgIpc) is 1.02. The summed E-state index contributed by atoms with van der Waals surface area (Å²) < 4.78 is 68.7. The maximum absolute atomic E-state index is 13.1. The molecule has 0 spiro atoms. The van der Waals surface area contributed by atoms with E-state index in [0.717, 1.165) is 120 Å². The van der Waals surface area contributed by atoms with E-state index in [2.05, 4.69) is 55.4 Å². The maximum Gasteiger partial charge on any atom is 0.472 e. The molecular formula is C80H156O17P2. The van der Waals surface area contributed by atoms with E-state index in [9.17, 15) is 43.2 Å². The summed E-state index contributed by atoms with van der Waals surface area (Å²) in [4.78, 5) is 73.0. The molecule has 17 nitrogen and oxygen atoms in total. The van der Waals surface area contributed by atoms with E-state index in [-0.39, 0.29) is 25.7 Å². The maximum atomic E-state index is 13.1. The first-order chi connectivity index (χ1) is 47.7. The van der Waals surface area contributed by atoms with Crippen molar-refractivity contribution >= 4 is 39.5 Å². The molecule has 0 aliphatic rings. The number of carbonyl (C=O) groups is 4. The van der Waals surface area contributed by atoms with Crippen molar-refractivity contribution in [1.82, 2.24) is 0 Å². The smallest absolute Gasteiger partial charge is 0.462 e. The predicted octanol–water partition coefficient (Wildman–Crippen LogP) is 23.6. The van der Waals surface area contributed by atoms with Crippen molar-refractivity contribution in [2.75, 3.05) is 39.6 Å². The molecule has 0 heterocycles. The highest BCUT2D eigenvalue weighted by Gasteiger charge is 2.30. The Labute approximate surface area is 607 Å². The van der Waals surface area contributed by atoms with Gasteiger partial charge in [0.25, 0.3) is 0 Å². The highest BCUT2D eigenvalue weighted by atomic mass is 31.2. The fraction of sp³-hybridized carbons (Fsp3) is 0.950. The Morgan fingerprint density at radius 2 is 0.485 bits per heavy atom. The van der Waals surface area contributed by atoms with Gasteiger partial charge in [-0.1, -0.05) is 357 Å². The molecule has 0 rings (SSSR count). The molecule has 3 N–H and O–H groups in total. The molecule has 0 aliphatic carbocycles. The number of phosphoric acid groups is 2. The minimum atomic E-state index is -4.96. The van der Waals surface area contributed by atoms with Crippen LogP contribution in [0.25, 0.3) is 0 Å². The van der Waals surface area contributed by atoms with Crippen LogP contribution in [0.15, 0.2) is 0 Å². The van der Waals surface area contributed by atoms with Gasteiger partial charge in [-0.2, -0.15) is 0 Å². The van der Waals surface area contributed by atoms with Gasteiger partial charge < -0.3 is 33.8 Å². The van der Waals surface area contributed by atoms with E-state index in [0.29, 0.717) is 25.7 Å². The minimum absolute atomic E-state index is 0.106. The molecule has 0 saturated heterocycles. The van der Waals surface area contributed by atoms with Crippen molar-refractivity contribution in [2.24, 2.45) is 23.7 Å². The summed E-state index contributed by atoms with van der Waals surface area (Å²) in [5.74, 6) is 1.02. The van der Waals surface area contributed by atoms with Gasteiger partial charge in [0.1, 0.15) is 19.3 Å². The number of aliphatic hydroxyl groups excluding tert-OH is 1. The Balaban J connectivity index is 5.24. The second-order valence-corrected chi connectivity index (χ2v) is 33.1. The monoisotopic (exact) mass is 1450 g/mol. The average molecular weight is 1450 g/mol. The van der Waals surface area contributed by atoms with Crippen LogP contribution < -0.4 is 0 Å². The van der Waals surface area contributed by atoms with Crippen LogP contribution in [0.3, 0.4) is 0 Å². The number of carbonyl (C=O) groups excluding carboxylic acids is 4. The van der Waals surface area contributed by atoms with Gasteiger partial charge in [-0.15, -0.1) is 0 Å². The summed E-state index contributed by atoms with van der Waals surface area (Å²) in [6.45, 7) is 14.3. The normalized spacial score (nSPS) is 14.6. The fourth-order valence-corrected chi connectivity index (χ4v) is 13.8. The van der Waals surface area contributed by atoms with Gasteiger partial charge in [0, 0.05) is 25.7 Å². The first-order valence-corrected chi connectivity index (χ1v) is 44.3. The molecule has 588 valence electrons. The zero-order chi connectivity index (χ0) is 73.1. The van der Waals surface area contributed by atoms with Crippen LogP contribution >= 0.6 is 15.6 Å². The Bertz CT molecular complexity index is 1940. The van der Waals surface area contributed by atoms with Crippen molar-refractivity contribution in [1.29, 1.82) is 0 Å². The largest absolute Gasteiger partial charge is 0.472 e. The number of hydrogen-bond acceptors (Lipinski definition) is 15. The van der Waals surface area contributed by atoms with Gasteiger partial charge in [-0.25, -0.2) is 9.13 Å². The summed E-state index contributed by atoms with van der Waals surface area (Å²) in [6, 6.07) is 0. The van der Waals surface area contributed by atoms with Crippen LogP contribution in [0.1, 0.15) is 409 Å². The molecule has 4 unspecified atom stereocenters. The van der Waals surface area contributed by atoms with Crippen molar-refractivity contribution in [3.8, 4) is 0 Å². The third-order valence-electron chi connectivity index (χ3n) is 19.3. The van der Waals surface area contributed by atoms with Gasteiger partial charge in [-0.05, 0) is 49.4 Å². The number of ether oxygens (including phenoxy) is 4. The number of hydrogen-bond donors (Lipinski definition) is 3. The quantitative estimate of drug-likeness (QED) is 0.0222. The molecule has 19 heteroatoms. The topological polar surface area (TPSA) is 237 Å². The van der Waals surface area contributed by atoms with Crippen molar-refractivity contribution in [3.63, 3.8) is 0 Å². The molecule has 7 atom stereocenters. The fourth-order valence-electron chi connectivity index (χ4n) is 12.2. The molecule has 0 aliphatic heterocycles. The van der Waals surface area contributed by atoms with Crippen LogP contribution in [0.2, 0.25) is 0 Å². The number of unbranched alkanes of at least 4 members (excludes halogenated alkanes) is 41. The molecule has 0 saturated carbocycles. The summed E-state index contributed by atoms with van der Waals surface area (Å²) in [5, 5.41) is 10.6. The first-order valence-electron chi connectivity index (χ1n) is 41.3. The van der Waals surface area contributed by atoms with E-state index in [1.165, 1.54) is 205 Å². The van der Waals surface area contributed by atoms with Crippen molar-refractivity contribution in [3.05, 3.63) is 0 Å². The van der Waals surface area contributed by atoms with Gasteiger partial charge in [0.05, 0.1) is 26.4 Å². The summed E-state index contributed by atoms with van der Waals surface area (Å²) in [6.07, 6.45) is 55.4. The molecule has 99 heavy (non-hydrogen) atoms. The number of phosphoric ester groups is 2. The predicted molar refractivity (Wildman–Crippen MR) is 404 cm³/mol. The van der Waals surface area contributed by atoms with Gasteiger partial charge in [0.15, 0.2) is 12.2 Å². The molecule has 0 amide bonds. The van der Waals surface area contributed by atoms with Crippen molar-refractivity contribution in [2.45, 2.75) is 427 Å². The molecule has 0 fully saturated rings. The van der Waals surface area contributed by atoms with Crippen molar-refractivity contribution < 1.29 is 80.2 Å². The van der Waals surface area contributed by atoms with Crippen LogP contribution in [-0.2, 0) is 65.4 Å². The Kier molecular flexibility index (Phi) is 67.8. The second kappa shape index (κ2) is 69.1. The standard InChI is InChI=1S/C80H156O17P2/c1-9-72(7)58-50-42-34-28-21-17-14-15-19-23-31-37-47-55-62-79(84)96-75(66-90-77(82)60-52-44-35-29-25-24-27-33-41-49-57-71(5)6)68-94-98(86,87)92-64-74(81)65-93-99(88,89)95-69-76(67-91-78(83)61-53-45-39-38-43-51-59-73(8)10-2)97-80(85)63-54-46-36-30-22-18-13-11-12-16-20-26-32-40-48-56-70(3)4/h70-76,81H,9-69H2,1-8H3,(H,86,87)(H,88,89)/t72?,73?,74-,75-,76-/m1/s1. The van der Waals surface area contributed by atoms with Crippen LogP contribution in [0, 0.1) is 23.7 Å². The molecule has 0 aromatic heterocycles. The van der Waals surface area contributed by atoms with E-state index in [1.807, 2.05) is 0 Å². The number of rotatable bonds is 77. The van der Waals surface area contributed by atoms with E-state index < -0.39 is 97.5 Å². The zero-order valence-corrected chi connectivity index (χ0v) is 66.9. The lowest BCUT2D eigenvalue weighted by atomic mass is 9.99.